The van der Waals surface area contributed by atoms with Gasteiger partial charge in [0.2, 0.25) is 0 Å². The van der Waals surface area contributed by atoms with Gasteiger partial charge in [-0.3, -0.25) is 19.1 Å². The van der Waals surface area contributed by atoms with Crippen LogP contribution in [0.1, 0.15) is 41.9 Å². The minimum absolute atomic E-state index is 0.102. The third-order valence-electron chi connectivity index (χ3n) is 5.19. The SMILES string of the molecule is CC(=O)OCOC(CCC(Cc1cccc(F)c1)NC(=O)c1cc2ccccc2s1)(O[PH+]=O)OC(C)=O. The lowest BCUT2D eigenvalue weighted by Crippen LogP contribution is -2.43. The first-order valence-corrected chi connectivity index (χ1v) is 12.9. The Bertz CT molecular complexity index is 1240. The fraction of sp³-hybridized carbons (Fsp3) is 0.320. The lowest BCUT2D eigenvalue weighted by Gasteiger charge is -2.28. The summed E-state index contributed by atoms with van der Waals surface area (Å²) in [5, 5.41) is 3.87. The van der Waals surface area contributed by atoms with Gasteiger partial charge in [0.1, 0.15) is 5.82 Å². The lowest BCUT2D eigenvalue weighted by atomic mass is 10.0. The van der Waals surface area contributed by atoms with Crippen LogP contribution >= 0.6 is 20.0 Å². The van der Waals surface area contributed by atoms with E-state index in [1.54, 1.807) is 18.2 Å². The highest BCUT2D eigenvalue weighted by molar-refractivity contribution is 7.20. The molecule has 9 nitrogen and oxygen atoms in total. The van der Waals surface area contributed by atoms with Crippen LogP contribution in [0.4, 0.5) is 4.39 Å². The molecule has 196 valence electrons. The second-order valence-corrected chi connectivity index (χ2v) is 9.51. The molecular weight excluding hydrogens is 524 g/mol. The van der Waals surface area contributed by atoms with E-state index in [9.17, 15) is 23.3 Å². The minimum atomic E-state index is -2.13. The van der Waals surface area contributed by atoms with E-state index in [-0.39, 0.29) is 25.2 Å². The highest BCUT2D eigenvalue weighted by Crippen LogP contribution is 2.29. The van der Waals surface area contributed by atoms with Crippen LogP contribution in [0.15, 0.2) is 54.6 Å². The van der Waals surface area contributed by atoms with E-state index in [1.165, 1.54) is 23.5 Å². The predicted octanol–water partition coefficient (Wildman–Crippen LogP) is 4.87. The van der Waals surface area contributed by atoms with E-state index < -0.39 is 45.3 Å². The second kappa shape index (κ2) is 13.3. The molecule has 1 amide bonds. The smallest absolute Gasteiger partial charge is 0.438 e. The fourth-order valence-corrected chi connectivity index (χ4v) is 4.91. The molecule has 0 saturated heterocycles. The summed E-state index contributed by atoms with van der Waals surface area (Å²) in [6.45, 7) is 1.64. The van der Waals surface area contributed by atoms with Crippen LogP contribution in [0, 0.1) is 5.82 Å². The first kappa shape index (κ1) is 28.3. The van der Waals surface area contributed by atoms with Gasteiger partial charge in [-0.15, -0.1) is 11.3 Å². The molecule has 0 bridgehead atoms. The summed E-state index contributed by atoms with van der Waals surface area (Å²) in [4.78, 5) is 36.5. The van der Waals surface area contributed by atoms with Crippen molar-refractivity contribution >= 4 is 48.0 Å². The lowest BCUT2D eigenvalue weighted by molar-refractivity contribution is -0.344. The predicted molar refractivity (Wildman–Crippen MR) is 135 cm³/mol. The average molecular weight is 551 g/mol. The summed E-state index contributed by atoms with van der Waals surface area (Å²) in [6, 6.07) is 14.7. The largest absolute Gasteiger partial charge is 0.500 e. The molecule has 0 radical (unpaired) electrons. The summed E-state index contributed by atoms with van der Waals surface area (Å²) in [5.74, 6) is -4.35. The second-order valence-electron chi connectivity index (χ2n) is 8.05. The molecule has 0 spiro atoms. The summed E-state index contributed by atoms with van der Waals surface area (Å²) < 4.78 is 46.5. The number of carbonyl (C=O) groups excluding carboxylic acids is 3. The molecule has 1 aromatic heterocycles. The first-order chi connectivity index (χ1) is 17.7. The van der Waals surface area contributed by atoms with E-state index in [2.05, 4.69) is 5.32 Å². The van der Waals surface area contributed by atoms with Crippen molar-refractivity contribution in [2.75, 3.05) is 6.79 Å². The Morgan fingerprint density at radius 2 is 1.86 bits per heavy atom. The zero-order chi connectivity index (χ0) is 26.8. The maximum atomic E-state index is 13.8. The Hall–Kier alpha value is -3.24. The number of benzene rings is 2. The number of thiophene rings is 1. The van der Waals surface area contributed by atoms with Gasteiger partial charge in [0.05, 0.1) is 4.88 Å². The van der Waals surface area contributed by atoms with Crippen molar-refractivity contribution < 1.29 is 42.1 Å². The third-order valence-corrected chi connectivity index (χ3v) is 6.70. The monoisotopic (exact) mass is 550 g/mol. The summed E-state index contributed by atoms with van der Waals surface area (Å²) in [5.41, 5.74) is 0.618. The van der Waals surface area contributed by atoms with Crippen molar-refractivity contribution in [2.24, 2.45) is 0 Å². The van der Waals surface area contributed by atoms with Crippen molar-refractivity contribution in [1.82, 2.24) is 5.32 Å². The Balaban J connectivity index is 1.82. The molecule has 1 N–H and O–H groups in total. The first-order valence-electron chi connectivity index (χ1n) is 11.3. The number of nitrogens with one attached hydrogen (secondary N) is 1. The standard InChI is InChI=1S/C25H25FNO8PS/c1-16(28)32-15-33-25(35-36-31,34-17(2)29)11-10-21(13-18-6-5-8-20(26)12-18)27-24(30)23-14-19-7-3-4-9-22(19)37-23/h3-9,12,14,21,36H,10-11,13,15H2,1-2H3/p+1. The van der Waals surface area contributed by atoms with Crippen LogP contribution in [0.3, 0.4) is 0 Å². The molecule has 3 rings (SSSR count). The zero-order valence-electron chi connectivity index (χ0n) is 20.2. The summed E-state index contributed by atoms with van der Waals surface area (Å²) >= 11 is 1.33. The van der Waals surface area contributed by atoms with Crippen molar-refractivity contribution in [3.8, 4) is 0 Å². The van der Waals surface area contributed by atoms with Crippen LogP contribution in [0.5, 0.6) is 0 Å². The van der Waals surface area contributed by atoms with Crippen LogP contribution < -0.4 is 5.32 Å². The molecule has 0 fully saturated rings. The Kier molecular flexibility index (Phi) is 10.2. The number of amides is 1. The highest BCUT2D eigenvalue weighted by Gasteiger charge is 2.42. The molecule has 0 aliphatic heterocycles. The van der Waals surface area contributed by atoms with E-state index in [0.29, 0.717) is 10.4 Å². The maximum absolute atomic E-state index is 13.8. The van der Waals surface area contributed by atoms with E-state index >= 15 is 0 Å². The average Bonchev–Trinajstić information content (AvgIpc) is 3.27. The molecule has 3 aromatic rings. The topological polar surface area (TPSA) is 117 Å². The molecular formula is C25H26FNO8PS+. The number of ether oxygens (including phenoxy) is 3. The molecule has 3 atom stereocenters. The van der Waals surface area contributed by atoms with Crippen LogP contribution in [-0.2, 0) is 39.3 Å². The van der Waals surface area contributed by atoms with Gasteiger partial charge in [0.15, 0.2) is 6.79 Å². The number of hydrogen-bond acceptors (Lipinski definition) is 9. The Labute approximate surface area is 218 Å². The number of hydrogen-bond donors (Lipinski definition) is 1. The summed E-state index contributed by atoms with van der Waals surface area (Å²) in [6.07, 6.45) is 0.148. The van der Waals surface area contributed by atoms with Crippen LogP contribution in [-0.4, -0.2) is 36.7 Å². The number of fused-ring (bicyclic) bond motifs is 1. The fourth-order valence-electron chi connectivity index (χ4n) is 3.61. The molecule has 3 unspecified atom stereocenters. The molecule has 2 aromatic carbocycles. The maximum Gasteiger partial charge on any atom is 0.500 e. The normalized spacial score (nSPS) is 13.6. The third kappa shape index (κ3) is 8.68. The van der Waals surface area contributed by atoms with E-state index in [0.717, 1.165) is 23.9 Å². The van der Waals surface area contributed by atoms with E-state index in [1.807, 2.05) is 24.3 Å². The van der Waals surface area contributed by atoms with Gasteiger partial charge >= 0.3 is 26.6 Å². The molecule has 37 heavy (non-hydrogen) atoms. The van der Waals surface area contributed by atoms with Gasteiger partial charge in [-0.2, -0.15) is 0 Å². The van der Waals surface area contributed by atoms with Gasteiger partial charge in [-0.05, 0) is 52.6 Å². The van der Waals surface area contributed by atoms with Crippen molar-refractivity contribution in [2.45, 2.75) is 45.1 Å². The highest BCUT2D eigenvalue weighted by atomic mass is 32.1. The molecule has 0 aliphatic carbocycles. The molecule has 12 heteroatoms. The number of carbonyl (C=O) groups is 3. The van der Waals surface area contributed by atoms with Gasteiger partial charge in [-0.25, -0.2) is 4.39 Å². The molecule has 1 heterocycles. The van der Waals surface area contributed by atoms with Crippen LogP contribution in [0.2, 0.25) is 0 Å². The van der Waals surface area contributed by atoms with Gasteiger partial charge < -0.3 is 14.8 Å². The van der Waals surface area contributed by atoms with Crippen LogP contribution in [0.25, 0.3) is 10.1 Å². The van der Waals surface area contributed by atoms with Crippen molar-refractivity contribution in [3.05, 3.63) is 70.9 Å². The van der Waals surface area contributed by atoms with Gasteiger partial charge in [0, 0.05) is 31.0 Å². The van der Waals surface area contributed by atoms with Gasteiger partial charge in [0.25, 0.3) is 5.91 Å². The van der Waals surface area contributed by atoms with Gasteiger partial charge in [-0.1, -0.05) is 34.9 Å². The molecule has 0 aliphatic rings. The van der Waals surface area contributed by atoms with Crippen molar-refractivity contribution in [3.63, 3.8) is 0 Å². The van der Waals surface area contributed by atoms with E-state index in [4.69, 9.17) is 18.7 Å². The Morgan fingerprint density at radius 3 is 2.54 bits per heavy atom. The number of esters is 2. The zero-order valence-corrected chi connectivity index (χ0v) is 22.0. The minimum Gasteiger partial charge on any atom is -0.438 e. The quantitative estimate of drug-likeness (QED) is 0.182. The van der Waals surface area contributed by atoms with Crippen molar-refractivity contribution in [1.29, 1.82) is 0 Å². The number of halogens is 1. The Morgan fingerprint density at radius 1 is 1.08 bits per heavy atom. The number of rotatable bonds is 13. The summed E-state index contributed by atoms with van der Waals surface area (Å²) in [7, 11) is -1.37. The molecule has 0 saturated carbocycles.